The van der Waals surface area contributed by atoms with Crippen LogP contribution in [0.5, 0.6) is 0 Å². The molecule has 0 aromatic heterocycles. The summed E-state index contributed by atoms with van der Waals surface area (Å²) in [6.45, 7) is 5.54. The molecule has 0 aromatic rings. The van der Waals surface area contributed by atoms with Gasteiger partial charge in [-0.3, -0.25) is 4.79 Å². The van der Waals surface area contributed by atoms with E-state index in [0.29, 0.717) is 12.1 Å². The molecule has 4 nitrogen and oxygen atoms in total. The summed E-state index contributed by atoms with van der Waals surface area (Å²) < 4.78 is 5.25. The van der Waals surface area contributed by atoms with Gasteiger partial charge in [-0.25, -0.2) is 4.79 Å². The standard InChI is InChI=1S/C13H21NO3/c1-10(2)12(15)8-9-14-13(16)17-11-6-4-3-5-7-11/h11H,1,3-9H2,2H3,(H,14,16). The van der Waals surface area contributed by atoms with Crippen LogP contribution in [0.3, 0.4) is 0 Å². The SMILES string of the molecule is C=C(C)C(=O)CCNC(=O)OC1CCCCC1. The van der Waals surface area contributed by atoms with E-state index in [1.807, 2.05) is 0 Å². The molecular formula is C13H21NO3. The minimum absolute atomic E-state index is 0.0250. The molecule has 0 saturated heterocycles. The van der Waals surface area contributed by atoms with Crippen molar-refractivity contribution in [3.63, 3.8) is 0 Å². The maximum atomic E-state index is 11.4. The lowest BCUT2D eigenvalue weighted by atomic mass is 9.98. The Morgan fingerprint density at radius 1 is 1.29 bits per heavy atom. The lowest BCUT2D eigenvalue weighted by Crippen LogP contribution is -2.31. The van der Waals surface area contributed by atoms with Crippen LogP contribution in [0.2, 0.25) is 0 Å². The molecule has 0 radical (unpaired) electrons. The quantitative estimate of drug-likeness (QED) is 0.750. The second-order valence-electron chi connectivity index (χ2n) is 4.55. The van der Waals surface area contributed by atoms with Crippen molar-refractivity contribution in [2.24, 2.45) is 0 Å². The summed E-state index contributed by atoms with van der Waals surface area (Å²) >= 11 is 0. The lowest BCUT2D eigenvalue weighted by Gasteiger charge is -2.21. The number of amides is 1. The number of hydrogen-bond donors (Lipinski definition) is 1. The van der Waals surface area contributed by atoms with Crippen molar-refractivity contribution in [1.82, 2.24) is 5.32 Å². The van der Waals surface area contributed by atoms with Gasteiger partial charge in [0.1, 0.15) is 6.10 Å². The van der Waals surface area contributed by atoms with Gasteiger partial charge in [0.25, 0.3) is 0 Å². The Bertz CT molecular complexity index is 293. The van der Waals surface area contributed by atoms with Crippen molar-refractivity contribution >= 4 is 11.9 Å². The molecule has 0 aromatic carbocycles. The number of ether oxygens (including phenoxy) is 1. The van der Waals surface area contributed by atoms with E-state index in [2.05, 4.69) is 11.9 Å². The normalized spacial score (nSPS) is 16.3. The number of rotatable bonds is 5. The first-order valence-corrected chi connectivity index (χ1v) is 6.23. The molecular weight excluding hydrogens is 218 g/mol. The highest BCUT2D eigenvalue weighted by atomic mass is 16.6. The van der Waals surface area contributed by atoms with Crippen LogP contribution in [-0.2, 0) is 9.53 Å². The first kappa shape index (κ1) is 13.7. The lowest BCUT2D eigenvalue weighted by molar-refractivity contribution is -0.115. The fourth-order valence-electron chi connectivity index (χ4n) is 1.87. The van der Waals surface area contributed by atoms with Gasteiger partial charge in [-0.05, 0) is 38.2 Å². The fraction of sp³-hybridized carbons (Fsp3) is 0.692. The van der Waals surface area contributed by atoms with Gasteiger partial charge in [0.2, 0.25) is 0 Å². The van der Waals surface area contributed by atoms with E-state index in [4.69, 9.17) is 4.74 Å². The average molecular weight is 239 g/mol. The number of carbonyl (C=O) groups excluding carboxylic acids is 2. The zero-order valence-electron chi connectivity index (χ0n) is 10.5. The molecule has 1 N–H and O–H groups in total. The Morgan fingerprint density at radius 2 is 1.94 bits per heavy atom. The summed E-state index contributed by atoms with van der Waals surface area (Å²) in [6.07, 6.45) is 5.34. The van der Waals surface area contributed by atoms with Crippen LogP contribution in [-0.4, -0.2) is 24.5 Å². The monoisotopic (exact) mass is 239 g/mol. The predicted molar refractivity (Wildman–Crippen MR) is 65.8 cm³/mol. The smallest absolute Gasteiger partial charge is 0.407 e. The number of ketones is 1. The Kier molecular flexibility index (Phi) is 5.73. The van der Waals surface area contributed by atoms with Gasteiger partial charge in [0.05, 0.1) is 0 Å². The van der Waals surface area contributed by atoms with Gasteiger partial charge in [-0.2, -0.15) is 0 Å². The molecule has 0 atom stereocenters. The third-order valence-corrected chi connectivity index (χ3v) is 2.92. The Hall–Kier alpha value is -1.32. The summed E-state index contributed by atoms with van der Waals surface area (Å²) in [5, 5.41) is 2.59. The summed E-state index contributed by atoms with van der Waals surface area (Å²) in [5.74, 6) is -0.0250. The van der Waals surface area contributed by atoms with Crippen LogP contribution in [0, 0.1) is 0 Å². The zero-order chi connectivity index (χ0) is 12.7. The molecule has 1 aliphatic rings. The van der Waals surface area contributed by atoms with Gasteiger partial charge in [0.15, 0.2) is 5.78 Å². The van der Waals surface area contributed by atoms with Gasteiger partial charge in [0, 0.05) is 13.0 Å². The number of alkyl carbamates (subject to hydrolysis) is 1. The van der Waals surface area contributed by atoms with Crippen molar-refractivity contribution < 1.29 is 14.3 Å². The molecule has 1 fully saturated rings. The number of nitrogens with one attached hydrogen (secondary N) is 1. The van der Waals surface area contributed by atoms with E-state index in [1.54, 1.807) is 6.92 Å². The van der Waals surface area contributed by atoms with Crippen LogP contribution < -0.4 is 5.32 Å². The molecule has 0 aliphatic heterocycles. The highest BCUT2D eigenvalue weighted by molar-refractivity contribution is 5.94. The number of allylic oxidation sites excluding steroid dienone is 1. The molecule has 1 saturated carbocycles. The van der Waals surface area contributed by atoms with Crippen molar-refractivity contribution in [3.8, 4) is 0 Å². The van der Waals surface area contributed by atoms with E-state index >= 15 is 0 Å². The maximum absolute atomic E-state index is 11.4. The van der Waals surface area contributed by atoms with Crippen molar-refractivity contribution in [1.29, 1.82) is 0 Å². The highest BCUT2D eigenvalue weighted by Gasteiger charge is 2.17. The molecule has 1 rings (SSSR count). The first-order valence-electron chi connectivity index (χ1n) is 6.23. The van der Waals surface area contributed by atoms with E-state index < -0.39 is 6.09 Å². The summed E-state index contributed by atoms with van der Waals surface area (Å²) in [5.41, 5.74) is 0.521. The topological polar surface area (TPSA) is 55.4 Å². The second kappa shape index (κ2) is 7.09. The number of hydrogen-bond acceptors (Lipinski definition) is 3. The molecule has 1 amide bonds. The van der Waals surface area contributed by atoms with E-state index in [1.165, 1.54) is 6.42 Å². The van der Waals surface area contributed by atoms with Crippen molar-refractivity contribution in [2.45, 2.75) is 51.6 Å². The highest BCUT2D eigenvalue weighted by Crippen LogP contribution is 2.20. The van der Waals surface area contributed by atoms with Crippen LogP contribution >= 0.6 is 0 Å². The van der Waals surface area contributed by atoms with Crippen LogP contribution in [0.1, 0.15) is 45.4 Å². The fourth-order valence-corrected chi connectivity index (χ4v) is 1.87. The van der Waals surface area contributed by atoms with Crippen LogP contribution in [0.4, 0.5) is 4.79 Å². The maximum Gasteiger partial charge on any atom is 0.407 e. The van der Waals surface area contributed by atoms with E-state index in [-0.39, 0.29) is 18.3 Å². The number of Topliss-reactive ketones (excluding diaryl/α,β-unsaturated/α-hetero) is 1. The van der Waals surface area contributed by atoms with Gasteiger partial charge in [-0.1, -0.05) is 13.0 Å². The number of carbonyl (C=O) groups is 2. The predicted octanol–water partition coefficient (Wildman–Crippen LogP) is 2.58. The van der Waals surface area contributed by atoms with Gasteiger partial charge < -0.3 is 10.1 Å². The Morgan fingerprint density at radius 3 is 2.53 bits per heavy atom. The molecule has 96 valence electrons. The summed E-state index contributed by atoms with van der Waals surface area (Å²) in [7, 11) is 0. The molecule has 1 aliphatic carbocycles. The second-order valence-corrected chi connectivity index (χ2v) is 4.55. The van der Waals surface area contributed by atoms with Crippen LogP contribution in [0.15, 0.2) is 12.2 Å². The molecule has 0 unspecified atom stereocenters. The van der Waals surface area contributed by atoms with Crippen molar-refractivity contribution in [2.75, 3.05) is 6.54 Å². The van der Waals surface area contributed by atoms with Crippen LogP contribution in [0.25, 0.3) is 0 Å². The third kappa shape index (κ3) is 5.52. The average Bonchev–Trinajstić information content (AvgIpc) is 2.30. The Labute approximate surface area is 102 Å². The summed E-state index contributed by atoms with van der Waals surface area (Å²) in [6, 6.07) is 0. The minimum atomic E-state index is -0.411. The zero-order valence-corrected chi connectivity index (χ0v) is 10.5. The van der Waals surface area contributed by atoms with Gasteiger partial charge in [-0.15, -0.1) is 0 Å². The van der Waals surface area contributed by atoms with Gasteiger partial charge >= 0.3 is 6.09 Å². The molecule has 17 heavy (non-hydrogen) atoms. The molecule has 0 bridgehead atoms. The molecule has 4 heteroatoms. The van der Waals surface area contributed by atoms with Crippen molar-refractivity contribution in [3.05, 3.63) is 12.2 Å². The summed E-state index contributed by atoms with van der Waals surface area (Å²) in [4.78, 5) is 22.6. The largest absolute Gasteiger partial charge is 0.446 e. The van der Waals surface area contributed by atoms with E-state index in [9.17, 15) is 9.59 Å². The third-order valence-electron chi connectivity index (χ3n) is 2.92. The molecule has 0 spiro atoms. The molecule has 0 heterocycles. The Balaban J connectivity index is 2.12. The minimum Gasteiger partial charge on any atom is -0.446 e. The van der Waals surface area contributed by atoms with E-state index in [0.717, 1.165) is 25.7 Å². The first-order chi connectivity index (χ1) is 8.09.